The summed E-state index contributed by atoms with van der Waals surface area (Å²) in [4.78, 5) is 23.7. The van der Waals surface area contributed by atoms with Crippen molar-refractivity contribution in [2.45, 2.75) is 51.5 Å². The molecule has 0 radical (unpaired) electrons. The van der Waals surface area contributed by atoms with Crippen LogP contribution in [0.4, 0.5) is 0 Å². The summed E-state index contributed by atoms with van der Waals surface area (Å²) in [6.45, 7) is 0.432. The van der Waals surface area contributed by atoms with E-state index in [0.29, 0.717) is 17.8 Å². The summed E-state index contributed by atoms with van der Waals surface area (Å²) >= 11 is 1.21. The maximum absolute atomic E-state index is 11.8. The van der Waals surface area contributed by atoms with Crippen LogP contribution in [-0.2, 0) is 11.3 Å². The highest BCUT2D eigenvalue weighted by Crippen LogP contribution is 2.27. The standard InChI is InChI=1S/C15H21NO3S/c17-14(9-6-11-4-2-1-3-5-11)16-10-12-7-8-13(20-12)15(18)19/h7-8,11H,1-6,9-10H2,(H,16,17)(H,18,19). The minimum Gasteiger partial charge on any atom is -0.477 e. The van der Waals surface area contributed by atoms with Gasteiger partial charge in [0.2, 0.25) is 5.91 Å². The van der Waals surface area contributed by atoms with Gasteiger partial charge in [-0.1, -0.05) is 32.1 Å². The second kappa shape index (κ2) is 7.43. The van der Waals surface area contributed by atoms with Crippen LogP contribution in [0.1, 0.15) is 59.5 Å². The first kappa shape index (κ1) is 15.0. The predicted octanol–water partition coefficient (Wildman–Crippen LogP) is 3.42. The van der Waals surface area contributed by atoms with E-state index in [9.17, 15) is 9.59 Å². The van der Waals surface area contributed by atoms with E-state index in [4.69, 9.17) is 5.11 Å². The second-order valence-electron chi connectivity index (χ2n) is 5.39. The topological polar surface area (TPSA) is 66.4 Å². The third kappa shape index (κ3) is 4.63. The first-order chi connectivity index (χ1) is 9.65. The molecule has 0 bridgehead atoms. The molecule has 0 spiro atoms. The lowest BCUT2D eigenvalue weighted by Gasteiger charge is -2.20. The summed E-state index contributed by atoms with van der Waals surface area (Å²) in [5.74, 6) is -0.124. The van der Waals surface area contributed by atoms with Crippen molar-refractivity contribution in [1.29, 1.82) is 0 Å². The average Bonchev–Trinajstić information content (AvgIpc) is 2.93. The fraction of sp³-hybridized carbons (Fsp3) is 0.600. The molecule has 2 N–H and O–H groups in total. The summed E-state index contributed by atoms with van der Waals surface area (Å²) in [7, 11) is 0. The molecule has 1 amide bonds. The van der Waals surface area contributed by atoms with Gasteiger partial charge in [0, 0.05) is 11.3 Å². The maximum atomic E-state index is 11.8. The second-order valence-corrected chi connectivity index (χ2v) is 6.56. The largest absolute Gasteiger partial charge is 0.477 e. The van der Waals surface area contributed by atoms with Gasteiger partial charge in [-0.05, 0) is 24.5 Å². The van der Waals surface area contributed by atoms with Gasteiger partial charge in [0.15, 0.2) is 0 Å². The SMILES string of the molecule is O=C(CCC1CCCCC1)NCc1ccc(C(=O)O)s1. The first-order valence-corrected chi connectivity index (χ1v) is 8.05. The van der Waals surface area contributed by atoms with Crippen molar-refractivity contribution in [3.63, 3.8) is 0 Å². The number of amides is 1. The Bertz CT molecular complexity index is 463. The molecule has 1 aliphatic rings. The Hall–Kier alpha value is -1.36. The van der Waals surface area contributed by atoms with Gasteiger partial charge >= 0.3 is 5.97 Å². The monoisotopic (exact) mass is 295 g/mol. The average molecular weight is 295 g/mol. The molecule has 1 saturated carbocycles. The van der Waals surface area contributed by atoms with E-state index < -0.39 is 5.97 Å². The number of carboxylic acid groups (broad SMARTS) is 1. The van der Waals surface area contributed by atoms with E-state index in [2.05, 4.69) is 5.32 Å². The van der Waals surface area contributed by atoms with Crippen LogP contribution in [0.2, 0.25) is 0 Å². The van der Waals surface area contributed by atoms with Crippen LogP contribution in [0.25, 0.3) is 0 Å². The zero-order valence-electron chi connectivity index (χ0n) is 11.6. The number of carboxylic acids is 1. The molecule has 0 aliphatic heterocycles. The highest BCUT2D eigenvalue weighted by atomic mass is 32.1. The Morgan fingerprint density at radius 2 is 2.00 bits per heavy atom. The molecule has 1 aliphatic carbocycles. The van der Waals surface area contributed by atoms with Crippen LogP contribution in [-0.4, -0.2) is 17.0 Å². The van der Waals surface area contributed by atoms with Gasteiger partial charge in [-0.3, -0.25) is 4.79 Å². The summed E-state index contributed by atoms with van der Waals surface area (Å²) in [5, 5.41) is 11.7. The minimum absolute atomic E-state index is 0.0702. The van der Waals surface area contributed by atoms with Gasteiger partial charge < -0.3 is 10.4 Å². The Morgan fingerprint density at radius 3 is 2.65 bits per heavy atom. The molecule has 1 aromatic rings. The maximum Gasteiger partial charge on any atom is 0.345 e. The Morgan fingerprint density at radius 1 is 1.25 bits per heavy atom. The predicted molar refractivity (Wildman–Crippen MR) is 78.9 cm³/mol. The smallest absolute Gasteiger partial charge is 0.345 e. The van der Waals surface area contributed by atoms with Crippen molar-refractivity contribution >= 4 is 23.2 Å². The van der Waals surface area contributed by atoms with E-state index in [0.717, 1.165) is 17.2 Å². The van der Waals surface area contributed by atoms with Crippen LogP contribution < -0.4 is 5.32 Å². The lowest BCUT2D eigenvalue weighted by molar-refractivity contribution is -0.121. The Kier molecular flexibility index (Phi) is 5.59. The van der Waals surface area contributed by atoms with Gasteiger partial charge in [0.1, 0.15) is 4.88 Å². The molecule has 4 nitrogen and oxygen atoms in total. The summed E-state index contributed by atoms with van der Waals surface area (Å²) in [5.41, 5.74) is 0. The number of rotatable bonds is 6. The van der Waals surface area contributed by atoms with Crippen LogP contribution in [0, 0.1) is 5.92 Å². The van der Waals surface area contributed by atoms with E-state index in [1.165, 1.54) is 43.4 Å². The number of aromatic carboxylic acids is 1. The van der Waals surface area contributed by atoms with Crippen molar-refractivity contribution < 1.29 is 14.7 Å². The molecule has 5 heteroatoms. The summed E-state index contributed by atoms with van der Waals surface area (Å²) in [6, 6.07) is 3.34. The number of thiophene rings is 1. The molecule has 0 unspecified atom stereocenters. The minimum atomic E-state index is -0.912. The normalized spacial score (nSPS) is 16.0. The third-order valence-electron chi connectivity index (χ3n) is 3.84. The molecular formula is C15H21NO3S. The molecule has 1 heterocycles. The zero-order valence-corrected chi connectivity index (χ0v) is 12.4. The fourth-order valence-electron chi connectivity index (χ4n) is 2.67. The molecular weight excluding hydrogens is 274 g/mol. The molecule has 110 valence electrons. The number of nitrogens with one attached hydrogen (secondary N) is 1. The van der Waals surface area contributed by atoms with Crippen LogP contribution in [0.15, 0.2) is 12.1 Å². The molecule has 2 rings (SSSR count). The third-order valence-corrected chi connectivity index (χ3v) is 4.91. The van der Waals surface area contributed by atoms with E-state index >= 15 is 0 Å². The summed E-state index contributed by atoms with van der Waals surface area (Å²) < 4.78 is 0. The van der Waals surface area contributed by atoms with Crippen LogP contribution >= 0.6 is 11.3 Å². The van der Waals surface area contributed by atoms with E-state index in [1.54, 1.807) is 12.1 Å². The van der Waals surface area contributed by atoms with Crippen molar-refractivity contribution in [3.05, 3.63) is 21.9 Å². The number of hydrogen-bond donors (Lipinski definition) is 2. The number of hydrogen-bond acceptors (Lipinski definition) is 3. The van der Waals surface area contributed by atoms with E-state index in [1.807, 2.05) is 0 Å². The Balaban J connectivity index is 1.67. The summed E-state index contributed by atoms with van der Waals surface area (Å²) in [6.07, 6.45) is 8.05. The van der Waals surface area contributed by atoms with Gasteiger partial charge in [0.25, 0.3) is 0 Å². The molecule has 0 atom stereocenters. The highest BCUT2D eigenvalue weighted by molar-refractivity contribution is 7.13. The lowest BCUT2D eigenvalue weighted by atomic mass is 9.86. The molecule has 20 heavy (non-hydrogen) atoms. The first-order valence-electron chi connectivity index (χ1n) is 7.24. The fourth-order valence-corrected chi connectivity index (χ4v) is 3.46. The van der Waals surface area contributed by atoms with Crippen molar-refractivity contribution in [2.75, 3.05) is 0 Å². The number of carbonyl (C=O) groups is 2. The van der Waals surface area contributed by atoms with Crippen molar-refractivity contribution in [1.82, 2.24) is 5.32 Å². The quantitative estimate of drug-likeness (QED) is 0.845. The zero-order chi connectivity index (χ0) is 14.4. The van der Waals surface area contributed by atoms with Crippen LogP contribution in [0.3, 0.4) is 0 Å². The van der Waals surface area contributed by atoms with Crippen molar-refractivity contribution in [3.8, 4) is 0 Å². The Labute approximate surface area is 123 Å². The van der Waals surface area contributed by atoms with Gasteiger partial charge in [-0.2, -0.15) is 0 Å². The molecule has 1 fully saturated rings. The van der Waals surface area contributed by atoms with Gasteiger partial charge in [-0.15, -0.1) is 11.3 Å². The van der Waals surface area contributed by atoms with Crippen LogP contribution in [0.5, 0.6) is 0 Å². The molecule has 0 saturated heterocycles. The number of carbonyl (C=O) groups excluding carboxylic acids is 1. The molecule has 0 aromatic carbocycles. The van der Waals surface area contributed by atoms with Gasteiger partial charge in [0.05, 0.1) is 6.54 Å². The highest BCUT2D eigenvalue weighted by Gasteiger charge is 2.15. The van der Waals surface area contributed by atoms with E-state index in [-0.39, 0.29) is 5.91 Å². The van der Waals surface area contributed by atoms with Crippen molar-refractivity contribution in [2.24, 2.45) is 5.92 Å². The molecule has 1 aromatic heterocycles. The lowest BCUT2D eigenvalue weighted by Crippen LogP contribution is -2.23. The van der Waals surface area contributed by atoms with Gasteiger partial charge in [-0.25, -0.2) is 4.79 Å².